The number of nitrogens with zero attached hydrogens (tertiary/aromatic N) is 3. The molecule has 1 N–H and O–H groups in total. The van der Waals surface area contributed by atoms with E-state index >= 15 is 0 Å². The van der Waals surface area contributed by atoms with E-state index in [-0.39, 0.29) is 5.91 Å². The van der Waals surface area contributed by atoms with Crippen LogP contribution < -0.4 is 5.43 Å². The number of carbonyl (C=O) groups is 1. The molecule has 0 radical (unpaired) electrons. The zero-order valence-electron chi connectivity index (χ0n) is 12.8. The van der Waals surface area contributed by atoms with Gasteiger partial charge in [-0.1, -0.05) is 62.9 Å². The number of aromatic nitrogens is 3. The van der Waals surface area contributed by atoms with Gasteiger partial charge < -0.3 is 0 Å². The topological polar surface area (TPSA) is 59.8 Å². The van der Waals surface area contributed by atoms with E-state index in [9.17, 15) is 4.79 Å². The average Bonchev–Trinajstić information content (AvgIpc) is 2.78. The quantitative estimate of drug-likeness (QED) is 0.882. The van der Waals surface area contributed by atoms with Gasteiger partial charge in [-0.25, -0.2) is 4.68 Å². The minimum Gasteiger partial charge on any atom is -0.273 e. The molecule has 6 heteroatoms. The number of hydrogen-bond acceptors (Lipinski definition) is 4. The zero-order chi connectivity index (χ0) is 15.5. The van der Waals surface area contributed by atoms with Gasteiger partial charge in [-0.05, 0) is 12.5 Å². The monoisotopic (exact) mass is 304 g/mol. The number of thioether (sulfide) groups is 1. The first-order chi connectivity index (χ1) is 9.88. The second-order valence-electron chi connectivity index (χ2n) is 5.83. The number of carbonyl (C=O) groups excluding carboxylic acids is 1. The van der Waals surface area contributed by atoms with E-state index in [0.29, 0.717) is 11.0 Å². The van der Waals surface area contributed by atoms with Crippen molar-refractivity contribution in [1.82, 2.24) is 14.9 Å². The van der Waals surface area contributed by atoms with Gasteiger partial charge in [-0.3, -0.25) is 10.2 Å². The number of nitrogens with one attached hydrogen (secondary N) is 1. The van der Waals surface area contributed by atoms with E-state index in [1.165, 1.54) is 5.56 Å². The number of amides is 1. The summed E-state index contributed by atoms with van der Waals surface area (Å²) in [4.78, 5) is 12.1. The van der Waals surface area contributed by atoms with Gasteiger partial charge in [0.2, 0.25) is 11.1 Å². The van der Waals surface area contributed by atoms with E-state index in [4.69, 9.17) is 0 Å². The molecule has 0 atom stereocenters. The average molecular weight is 304 g/mol. The zero-order valence-corrected chi connectivity index (χ0v) is 13.6. The fourth-order valence-electron chi connectivity index (χ4n) is 1.56. The molecule has 0 aliphatic heterocycles. The molecule has 21 heavy (non-hydrogen) atoms. The first kappa shape index (κ1) is 15.6. The van der Waals surface area contributed by atoms with Crippen LogP contribution in [0.2, 0.25) is 0 Å². The molecule has 5 nitrogen and oxygen atoms in total. The van der Waals surface area contributed by atoms with Crippen molar-refractivity contribution in [1.29, 1.82) is 0 Å². The largest absolute Gasteiger partial charge is 0.273 e. The second-order valence-corrected chi connectivity index (χ2v) is 6.77. The molecule has 0 fully saturated rings. The van der Waals surface area contributed by atoms with Crippen LogP contribution in [0.5, 0.6) is 0 Å². The molecule has 112 valence electrons. The summed E-state index contributed by atoms with van der Waals surface area (Å²) in [6.45, 7) is 7.44. The minimum absolute atomic E-state index is 0.0630. The smallest absolute Gasteiger partial charge is 0.244 e. The molecule has 0 spiro atoms. The SMILES string of the molecule is Cc1nnc(SCc2ccccc2)n1NC(=O)C(C)(C)C. The van der Waals surface area contributed by atoms with E-state index in [1.54, 1.807) is 16.4 Å². The lowest BCUT2D eigenvalue weighted by Gasteiger charge is -2.19. The maximum Gasteiger partial charge on any atom is 0.244 e. The van der Waals surface area contributed by atoms with E-state index in [0.717, 1.165) is 5.75 Å². The Bertz CT molecular complexity index is 616. The van der Waals surface area contributed by atoms with Crippen molar-refractivity contribution in [3.8, 4) is 0 Å². The number of benzene rings is 1. The van der Waals surface area contributed by atoms with Crippen LogP contribution in [0.1, 0.15) is 32.2 Å². The summed E-state index contributed by atoms with van der Waals surface area (Å²) in [7, 11) is 0. The maximum absolute atomic E-state index is 12.1. The lowest BCUT2D eigenvalue weighted by atomic mass is 9.96. The van der Waals surface area contributed by atoms with Gasteiger partial charge in [-0.2, -0.15) is 0 Å². The molecule has 0 saturated heterocycles. The van der Waals surface area contributed by atoms with Crippen LogP contribution in [0.4, 0.5) is 0 Å². The highest BCUT2D eigenvalue weighted by molar-refractivity contribution is 7.98. The summed E-state index contributed by atoms with van der Waals surface area (Å²) in [5.41, 5.74) is 3.61. The van der Waals surface area contributed by atoms with Crippen LogP contribution in [-0.4, -0.2) is 20.8 Å². The standard InChI is InChI=1S/C15H20N4OS/c1-11-16-17-14(19(11)18-13(20)15(2,3)4)21-10-12-8-6-5-7-9-12/h5-9H,10H2,1-4H3,(H,18,20). The molecule has 2 rings (SSSR count). The van der Waals surface area contributed by atoms with E-state index in [1.807, 2.05) is 45.9 Å². The van der Waals surface area contributed by atoms with E-state index in [2.05, 4.69) is 27.8 Å². The van der Waals surface area contributed by atoms with Crippen molar-refractivity contribution in [3.63, 3.8) is 0 Å². The summed E-state index contributed by atoms with van der Waals surface area (Å²) in [6, 6.07) is 10.1. The molecule has 1 aromatic heterocycles. The van der Waals surface area contributed by atoms with Gasteiger partial charge in [0.1, 0.15) is 5.82 Å². The van der Waals surface area contributed by atoms with Gasteiger partial charge >= 0.3 is 0 Å². The van der Waals surface area contributed by atoms with Crippen LogP contribution in [0.25, 0.3) is 0 Å². The predicted octanol–water partition coefficient (Wildman–Crippen LogP) is 3.00. The molecule has 0 bridgehead atoms. The van der Waals surface area contributed by atoms with Crippen LogP contribution in [0.15, 0.2) is 35.5 Å². The summed E-state index contributed by atoms with van der Waals surface area (Å²) in [5.74, 6) is 1.39. The third-order valence-corrected chi connectivity index (χ3v) is 3.90. The van der Waals surface area contributed by atoms with Crippen molar-refractivity contribution in [2.45, 2.75) is 38.6 Å². The van der Waals surface area contributed by atoms with Crippen molar-refractivity contribution < 1.29 is 4.79 Å². The first-order valence-electron chi connectivity index (χ1n) is 6.78. The number of hydrogen-bond donors (Lipinski definition) is 1. The molecule has 2 aromatic rings. The van der Waals surface area contributed by atoms with Crippen LogP contribution in [0, 0.1) is 12.3 Å². The van der Waals surface area contributed by atoms with Crippen LogP contribution in [-0.2, 0) is 10.5 Å². The Kier molecular flexibility index (Phi) is 4.67. The summed E-state index contributed by atoms with van der Waals surface area (Å²) in [6.07, 6.45) is 0. The number of rotatable bonds is 4. The Labute approximate surface area is 129 Å². The van der Waals surface area contributed by atoms with Gasteiger partial charge in [-0.15, -0.1) is 10.2 Å². The number of aryl methyl sites for hydroxylation is 1. The molecule has 0 unspecified atom stereocenters. The summed E-state index contributed by atoms with van der Waals surface area (Å²) in [5, 5.41) is 8.86. The molecule has 1 amide bonds. The fourth-order valence-corrected chi connectivity index (χ4v) is 2.45. The first-order valence-corrected chi connectivity index (χ1v) is 7.76. The van der Waals surface area contributed by atoms with Crippen molar-refractivity contribution in [2.24, 2.45) is 5.41 Å². The third kappa shape index (κ3) is 4.07. The van der Waals surface area contributed by atoms with Gasteiger partial charge in [0, 0.05) is 11.2 Å². The third-order valence-electron chi connectivity index (χ3n) is 2.90. The Morgan fingerprint density at radius 3 is 2.52 bits per heavy atom. The summed E-state index contributed by atoms with van der Waals surface area (Å²) < 4.78 is 1.65. The molecular formula is C15H20N4OS. The van der Waals surface area contributed by atoms with Crippen LogP contribution in [0.3, 0.4) is 0 Å². The second kappa shape index (κ2) is 6.30. The molecule has 1 heterocycles. The van der Waals surface area contributed by atoms with Crippen LogP contribution >= 0.6 is 11.8 Å². The Hall–Kier alpha value is -1.82. The Morgan fingerprint density at radius 1 is 1.24 bits per heavy atom. The molecule has 1 aromatic carbocycles. The molecule has 0 aliphatic rings. The molecular weight excluding hydrogens is 284 g/mol. The highest BCUT2D eigenvalue weighted by Gasteiger charge is 2.23. The molecule has 0 saturated carbocycles. The van der Waals surface area contributed by atoms with Gasteiger partial charge in [0.05, 0.1) is 0 Å². The van der Waals surface area contributed by atoms with Gasteiger partial charge in [0.15, 0.2) is 0 Å². The Balaban J connectivity index is 2.09. The van der Waals surface area contributed by atoms with Crippen molar-refractivity contribution in [2.75, 3.05) is 5.43 Å². The van der Waals surface area contributed by atoms with Crippen molar-refractivity contribution in [3.05, 3.63) is 41.7 Å². The van der Waals surface area contributed by atoms with Crippen molar-refractivity contribution >= 4 is 17.7 Å². The lowest BCUT2D eigenvalue weighted by Crippen LogP contribution is -2.34. The van der Waals surface area contributed by atoms with Gasteiger partial charge in [0.25, 0.3) is 0 Å². The highest BCUT2D eigenvalue weighted by atomic mass is 32.2. The summed E-state index contributed by atoms with van der Waals surface area (Å²) >= 11 is 1.55. The normalized spacial score (nSPS) is 11.4. The lowest BCUT2D eigenvalue weighted by molar-refractivity contribution is -0.124. The maximum atomic E-state index is 12.1. The minimum atomic E-state index is -0.460. The molecule has 0 aliphatic carbocycles. The highest BCUT2D eigenvalue weighted by Crippen LogP contribution is 2.22. The van der Waals surface area contributed by atoms with E-state index < -0.39 is 5.41 Å². The predicted molar refractivity (Wildman–Crippen MR) is 84.6 cm³/mol. The fraction of sp³-hybridized carbons (Fsp3) is 0.400. The Morgan fingerprint density at radius 2 is 1.90 bits per heavy atom.